The Balaban J connectivity index is 2.34. The van der Waals surface area contributed by atoms with E-state index in [1.54, 1.807) is 7.05 Å². The normalized spacial score (nSPS) is 22.8. The maximum absolute atomic E-state index is 11.9. The van der Waals surface area contributed by atoms with Gasteiger partial charge in [0.2, 0.25) is 5.91 Å². The molecule has 6 heteroatoms. The molecule has 6 nitrogen and oxygen atoms in total. The summed E-state index contributed by atoms with van der Waals surface area (Å²) in [5.41, 5.74) is 0. The predicted molar refractivity (Wildman–Crippen MR) is 60.2 cm³/mol. The first kappa shape index (κ1) is 13.4. The van der Waals surface area contributed by atoms with E-state index in [4.69, 9.17) is 4.74 Å². The number of nitrogens with zero attached hydrogens (tertiary/aromatic N) is 1. The molecule has 0 aromatic heterocycles. The molecule has 1 aliphatic rings. The van der Waals surface area contributed by atoms with Crippen LogP contribution in [-0.4, -0.2) is 75.0 Å². The Labute approximate surface area is 95.9 Å². The number of carbonyl (C=O) groups excluding carboxylic acids is 1. The Morgan fingerprint density at radius 2 is 2.38 bits per heavy atom. The van der Waals surface area contributed by atoms with Gasteiger partial charge in [0, 0.05) is 40.3 Å². The number of methoxy groups -OCH3 is 1. The maximum atomic E-state index is 11.9. The number of aliphatic hydroxyl groups excluding tert-OH is 1. The zero-order chi connectivity index (χ0) is 12.0. The van der Waals surface area contributed by atoms with Gasteiger partial charge < -0.3 is 25.4 Å². The number of amides is 1. The van der Waals surface area contributed by atoms with Crippen molar-refractivity contribution in [1.29, 1.82) is 0 Å². The second kappa shape index (κ2) is 6.80. The molecule has 16 heavy (non-hydrogen) atoms. The van der Waals surface area contributed by atoms with Crippen LogP contribution in [0.3, 0.4) is 0 Å². The summed E-state index contributed by atoms with van der Waals surface area (Å²) in [6.07, 6.45) is -0.629. The van der Waals surface area contributed by atoms with Gasteiger partial charge in [0.05, 0.1) is 18.8 Å². The summed E-state index contributed by atoms with van der Waals surface area (Å²) < 4.78 is 4.81. The highest BCUT2D eigenvalue weighted by molar-refractivity contribution is 5.82. The molecular formula is C10H21N3O3. The van der Waals surface area contributed by atoms with Gasteiger partial charge in [0.15, 0.2) is 0 Å². The second-order valence-electron chi connectivity index (χ2n) is 4.04. The zero-order valence-electron chi connectivity index (χ0n) is 9.90. The van der Waals surface area contributed by atoms with Gasteiger partial charge in [0.1, 0.15) is 0 Å². The number of ether oxygens (including phenoxy) is 1. The van der Waals surface area contributed by atoms with Crippen LogP contribution in [0.25, 0.3) is 0 Å². The van der Waals surface area contributed by atoms with E-state index in [1.165, 1.54) is 12.0 Å². The fraction of sp³-hybridized carbons (Fsp3) is 0.900. The summed E-state index contributed by atoms with van der Waals surface area (Å²) in [4.78, 5) is 13.4. The van der Waals surface area contributed by atoms with Crippen molar-refractivity contribution < 1.29 is 14.6 Å². The van der Waals surface area contributed by atoms with Gasteiger partial charge in [-0.05, 0) is 0 Å². The Morgan fingerprint density at radius 3 is 2.94 bits per heavy atom. The lowest BCUT2D eigenvalue weighted by molar-refractivity contribution is -0.134. The molecule has 0 saturated carbocycles. The summed E-state index contributed by atoms with van der Waals surface area (Å²) in [6, 6.07) is -0.187. The summed E-state index contributed by atoms with van der Waals surface area (Å²) in [5.74, 6) is 0.00218. The van der Waals surface area contributed by atoms with Crippen LogP contribution in [0.5, 0.6) is 0 Å². The first-order valence-electron chi connectivity index (χ1n) is 5.51. The van der Waals surface area contributed by atoms with Gasteiger partial charge in [-0.25, -0.2) is 0 Å². The lowest BCUT2D eigenvalue weighted by Crippen LogP contribution is -2.56. The molecule has 1 heterocycles. The quantitative estimate of drug-likeness (QED) is 0.511. The molecule has 1 saturated heterocycles. The molecule has 0 aliphatic carbocycles. The maximum Gasteiger partial charge on any atom is 0.240 e. The van der Waals surface area contributed by atoms with Crippen LogP contribution >= 0.6 is 0 Å². The van der Waals surface area contributed by atoms with Crippen molar-refractivity contribution in [1.82, 2.24) is 15.5 Å². The third-order valence-electron chi connectivity index (χ3n) is 2.56. The Kier molecular flexibility index (Phi) is 5.68. The van der Waals surface area contributed by atoms with Gasteiger partial charge in [-0.2, -0.15) is 0 Å². The number of rotatable bonds is 5. The summed E-state index contributed by atoms with van der Waals surface area (Å²) in [5, 5.41) is 15.8. The number of likely N-dealkylation sites (N-methyl/N-ethyl adjacent to an activating group) is 1. The third kappa shape index (κ3) is 4.05. The highest BCUT2D eigenvalue weighted by atomic mass is 16.5. The number of piperazine rings is 1. The summed E-state index contributed by atoms with van der Waals surface area (Å²) >= 11 is 0. The molecule has 0 aromatic rings. The zero-order valence-corrected chi connectivity index (χ0v) is 9.90. The van der Waals surface area contributed by atoms with E-state index in [2.05, 4.69) is 10.6 Å². The molecule has 0 aromatic carbocycles. The summed E-state index contributed by atoms with van der Waals surface area (Å²) in [6.45, 7) is 2.87. The van der Waals surface area contributed by atoms with Crippen molar-refractivity contribution in [3.63, 3.8) is 0 Å². The van der Waals surface area contributed by atoms with Crippen LogP contribution in [0.4, 0.5) is 0 Å². The van der Waals surface area contributed by atoms with Crippen LogP contribution in [0.1, 0.15) is 0 Å². The Hall–Kier alpha value is -0.690. The molecular weight excluding hydrogens is 210 g/mol. The standard InChI is InChI=1S/C10H21N3O3/c1-13(6-8(14)7-16-2)10(15)9-5-11-3-4-12-9/h8-9,11-12,14H,3-7H2,1-2H3. The fourth-order valence-electron chi connectivity index (χ4n) is 1.75. The van der Waals surface area contributed by atoms with Crippen LogP contribution in [0, 0.1) is 0 Å². The van der Waals surface area contributed by atoms with E-state index < -0.39 is 6.10 Å². The van der Waals surface area contributed by atoms with Gasteiger partial charge in [-0.1, -0.05) is 0 Å². The third-order valence-corrected chi connectivity index (χ3v) is 2.56. The predicted octanol–water partition coefficient (Wildman–Crippen LogP) is -1.99. The van der Waals surface area contributed by atoms with Crippen molar-refractivity contribution in [3.05, 3.63) is 0 Å². The minimum Gasteiger partial charge on any atom is -0.389 e. The molecule has 3 N–H and O–H groups in total. The van der Waals surface area contributed by atoms with E-state index in [0.29, 0.717) is 13.1 Å². The van der Waals surface area contributed by atoms with Crippen LogP contribution in [-0.2, 0) is 9.53 Å². The minimum atomic E-state index is -0.629. The molecule has 1 aliphatic heterocycles. The summed E-state index contributed by atoms with van der Waals surface area (Å²) in [7, 11) is 3.22. The van der Waals surface area contributed by atoms with Crippen LogP contribution < -0.4 is 10.6 Å². The molecule has 1 amide bonds. The van der Waals surface area contributed by atoms with Crippen LogP contribution in [0.2, 0.25) is 0 Å². The largest absolute Gasteiger partial charge is 0.389 e. The van der Waals surface area contributed by atoms with E-state index in [-0.39, 0.29) is 18.6 Å². The lowest BCUT2D eigenvalue weighted by Gasteiger charge is -2.29. The molecule has 1 fully saturated rings. The Morgan fingerprint density at radius 1 is 1.62 bits per heavy atom. The van der Waals surface area contributed by atoms with Crippen LogP contribution in [0.15, 0.2) is 0 Å². The average Bonchev–Trinajstić information content (AvgIpc) is 2.29. The molecule has 2 unspecified atom stereocenters. The molecule has 0 spiro atoms. The van der Waals surface area contributed by atoms with E-state index >= 15 is 0 Å². The monoisotopic (exact) mass is 231 g/mol. The smallest absolute Gasteiger partial charge is 0.240 e. The number of aliphatic hydroxyl groups is 1. The van der Waals surface area contributed by atoms with Crippen molar-refractivity contribution in [2.24, 2.45) is 0 Å². The second-order valence-corrected chi connectivity index (χ2v) is 4.04. The van der Waals surface area contributed by atoms with Gasteiger partial charge >= 0.3 is 0 Å². The number of nitrogens with one attached hydrogen (secondary N) is 2. The highest BCUT2D eigenvalue weighted by Gasteiger charge is 2.24. The topological polar surface area (TPSA) is 73.8 Å². The van der Waals surface area contributed by atoms with Gasteiger partial charge in [-0.3, -0.25) is 4.79 Å². The highest BCUT2D eigenvalue weighted by Crippen LogP contribution is 1.97. The molecule has 0 radical (unpaired) electrons. The first-order valence-corrected chi connectivity index (χ1v) is 5.51. The Bertz CT molecular complexity index is 219. The lowest BCUT2D eigenvalue weighted by atomic mass is 10.2. The van der Waals surface area contributed by atoms with E-state index in [9.17, 15) is 9.90 Å². The van der Waals surface area contributed by atoms with E-state index in [1.807, 2.05) is 0 Å². The van der Waals surface area contributed by atoms with Gasteiger partial charge in [-0.15, -0.1) is 0 Å². The number of hydrogen-bond donors (Lipinski definition) is 3. The van der Waals surface area contributed by atoms with Gasteiger partial charge in [0.25, 0.3) is 0 Å². The molecule has 2 atom stereocenters. The first-order chi connectivity index (χ1) is 7.65. The molecule has 1 rings (SSSR count). The van der Waals surface area contributed by atoms with Crippen molar-refractivity contribution in [3.8, 4) is 0 Å². The molecule has 0 bridgehead atoms. The molecule has 94 valence electrons. The minimum absolute atomic E-state index is 0.00218. The number of carbonyl (C=O) groups is 1. The fourth-order valence-corrected chi connectivity index (χ4v) is 1.75. The van der Waals surface area contributed by atoms with Crippen molar-refractivity contribution in [2.45, 2.75) is 12.1 Å². The average molecular weight is 231 g/mol. The SMILES string of the molecule is COCC(O)CN(C)C(=O)C1CNCCN1. The number of hydrogen-bond acceptors (Lipinski definition) is 5. The van der Waals surface area contributed by atoms with Crippen molar-refractivity contribution in [2.75, 3.05) is 46.9 Å². The van der Waals surface area contributed by atoms with E-state index in [0.717, 1.165) is 13.1 Å². The van der Waals surface area contributed by atoms with Crippen molar-refractivity contribution >= 4 is 5.91 Å².